The number of methoxy groups -OCH3 is 1. The Labute approximate surface area is 125 Å². The van der Waals surface area contributed by atoms with Gasteiger partial charge in [-0.1, -0.05) is 37.3 Å². The summed E-state index contributed by atoms with van der Waals surface area (Å²) in [7, 11) is 1.75. The molecule has 0 unspecified atom stereocenters. The molecule has 0 aliphatic carbocycles. The molecule has 3 nitrogen and oxygen atoms in total. The Kier molecular flexibility index (Phi) is 6.18. The molecule has 0 saturated carbocycles. The van der Waals surface area contributed by atoms with Gasteiger partial charge in [0.15, 0.2) is 0 Å². The maximum absolute atomic E-state index is 5.21. The van der Waals surface area contributed by atoms with Crippen LogP contribution in [0.4, 0.5) is 0 Å². The van der Waals surface area contributed by atoms with Crippen LogP contribution < -0.4 is 0 Å². The smallest absolute Gasteiger partial charge is 0.0926 e. The van der Waals surface area contributed by atoms with Gasteiger partial charge in [-0.25, -0.2) is 4.98 Å². The Morgan fingerprint density at radius 2 is 2.00 bits per heavy atom. The summed E-state index contributed by atoms with van der Waals surface area (Å²) in [5.74, 6) is 0. The van der Waals surface area contributed by atoms with E-state index in [9.17, 15) is 0 Å². The van der Waals surface area contributed by atoms with Gasteiger partial charge in [0, 0.05) is 32.1 Å². The molecule has 0 atom stereocenters. The molecule has 1 aromatic carbocycles. The van der Waals surface area contributed by atoms with Crippen molar-refractivity contribution in [1.29, 1.82) is 0 Å². The number of thiazole rings is 1. The predicted octanol–water partition coefficient (Wildman–Crippen LogP) is 3.35. The largest absolute Gasteiger partial charge is 0.383 e. The molecule has 0 spiro atoms. The van der Waals surface area contributed by atoms with Crippen molar-refractivity contribution in [2.75, 3.05) is 20.3 Å². The summed E-state index contributed by atoms with van der Waals surface area (Å²) in [6.07, 6.45) is 1.02. The van der Waals surface area contributed by atoms with Crippen LogP contribution in [-0.4, -0.2) is 30.1 Å². The highest BCUT2D eigenvalue weighted by atomic mass is 32.1. The summed E-state index contributed by atoms with van der Waals surface area (Å²) in [6.45, 7) is 5.63. The monoisotopic (exact) mass is 290 g/mol. The van der Waals surface area contributed by atoms with Crippen molar-refractivity contribution in [1.82, 2.24) is 9.88 Å². The quantitative estimate of drug-likeness (QED) is 0.745. The molecule has 0 amide bonds. The summed E-state index contributed by atoms with van der Waals surface area (Å²) in [5, 5.41) is 3.38. The first-order valence-corrected chi connectivity index (χ1v) is 7.88. The van der Waals surface area contributed by atoms with Crippen LogP contribution in [0, 0.1) is 0 Å². The lowest BCUT2D eigenvalue weighted by molar-refractivity contribution is 0.139. The number of aromatic nitrogens is 1. The molecule has 0 N–H and O–H groups in total. The highest BCUT2D eigenvalue weighted by molar-refractivity contribution is 7.09. The van der Waals surface area contributed by atoms with E-state index in [-0.39, 0.29) is 0 Å². The van der Waals surface area contributed by atoms with E-state index >= 15 is 0 Å². The van der Waals surface area contributed by atoms with Gasteiger partial charge in [-0.3, -0.25) is 4.90 Å². The molecule has 1 aromatic heterocycles. The van der Waals surface area contributed by atoms with Gasteiger partial charge < -0.3 is 4.74 Å². The van der Waals surface area contributed by atoms with Gasteiger partial charge in [-0.05, 0) is 12.0 Å². The fourth-order valence-electron chi connectivity index (χ4n) is 2.09. The van der Waals surface area contributed by atoms with Gasteiger partial charge in [0.2, 0.25) is 0 Å². The molecule has 2 rings (SSSR count). The van der Waals surface area contributed by atoms with Crippen molar-refractivity contribution in [3.63, 3.8) is 0 Å². The van der Waals surface area contributed by atoms with Gasteiger partial charge in [-0.2, -0.15) is 0 Å². The standard InChI is InChI=1S/C16H22N2OS/c1-3-16-17-15(13-20-16)12-18(9-10-19-2)11-14-7-5-4-6-8-14/h4-8,13H,3,9-12H2,1-2H3. The van der Waals surface area contributed by atoms with Crippen LogP contribution >= 0.6 is 11.3 Å². The summed E-state index contributed by atoms with van der Waals surface area (Å²) in [6, 6.07) is 10.6. The minimum atomic E-state index is 0.748. The van der Waals surface area contributed by atoms with E-state index in [1.165, 1.54) is 16.3 Å². The van der Waals surface area contributed by atoms with E-state index in [1.54, 1.807) is 18.4 Å². The summed E-state index contributed by atoms with van der Waals surface area (Å²) in [4.78, 5) is 7.04. The van der Waals surface area contributed by atoms with Crippen molar-refractivity contribution in [3.8, 4) is 0 Å². The number of rotatable bonds is 8. The fourth-order valence-corrected chi connectivity index (χ4v) is 2.82. The van der Waals surface area contributed by atoms with E-state index in [0.29, 0.717) is 0 Å². The van der Waals surface area contributed by atoms with Gasteiger partial charge in [-0.15, -0.1) is 11.3 Å². The molecule has 0 aliphatic heterocycles. The first kappa shape index (κ1) is 15.2. The topological polar surface area (TPSA) is 25.4 Å². The molecule has 108 valence electrons. The van der Waals surface area contributed by atoms with E-state index in [4.69, 9.17) is 4.74 Å². The Morgan fingerprint density at radius 1 is 1.20 bits per heavy atom. The second-order valence-corrected chi connectivity index (χ2v) is 5.72. The molecule has 0 bridgehead atoms. The molecule has 4 heteroatoms. The third kappa shape index (κ3) is 4.71. The number of benzene rings is 1. The lowest BCUT2D eigenvalue weighted by Crippen LogP contribution is -2.26. The lowest BCUT2D eigenvalue weighted by Gasteiger charge is -2.21. The Balaban J connectivity index is 1.99. The van der Waals surface area contributed by atoms with E-state index in [1.807, 2.05) is 0 Å². The highest BCUT2D eigenvalue weighted by Crippen LogP contribution is 2.14. The van der Waals surface area contributed by atoms with Crippen LogP contribution in [0.1, 0.15) is 23.2 Å². The third-order valence-electron chi connectivity index (χ3n) is 3.15. The van der Waals surface area contributed by atoms with E-state index in [2.05, 4.69) is 52.5 Å². The van der Waals surface area contributed by atoms with Crippen molar-refractivity contribution < 1.29 is 4.74 Å². The van der Waals surface area contributed by atoms with E-state index in [0.717, 1.165) is 32.7 Å². The van der Waals surface area contributed by atoms with Gasteiger partial charge in [0.1, 0.15) is 0 Å². The van der Waals surface area contributed by atoms with E-state index < -0.39 is 0 Å². The van der Waals surface area contributed by atoms with Gasteiger partial charge in [0.25, 0.3) is 0 Å². The zero-order valence-electron chi connectivity index (χ0n) is 12.2. The molecule has 0 aliphatic rings. The van der Waals surface area contributed by atoms with Crippen molar-refractivity contribution in [3.05, 3.63) is 52.0 Å². The molecule has 0 fully saturated rings. The van der Waals surface area contributed by atoms with Crippen molar-refractivity contribution in [2.24, 2.45) is 0 Å². The summed E-state index contributed by atoms with van der Waals surface area (Å²) in [5.41, 5.74) is 2.49. The molecule has 0 saturated heterocycles. The molecule has 0 radical (unpaired) electrons. The third-order valence-corrected chi connectivity index (χ3v) is 4.19. The molecule has 20 heavy (non-hydrogen) atoms. The zero-order valence-corrected chi connectivity index (χ0v) is 13.0. The average Bonchev–Trinajstić information content (AvgIpc) is 2.93. The second kappa shape index (κ2) is 8.15. The maximum Gasteiger partial charge on any atom is 0.0926 e. The molecule has 2 aromatic rings. The van der Waals surface area contributed by atoms with Crippen LogP contribution in [0.3, 0.4) is 0 Å². The van der Waals surface area contributed by atoms with Gasteiger partial charge in [0.05, 0.1) is 17.3 Å². The predicted molar refractivity (Wildman–Crippen MR) is 83.9 cm³/mol. The Bertz CT molecular complexity index is 498. The number of hydrogen-bond acceptors (Lipinski definition) is 4. The van der Waals surface area contributed by atoms with Crippen molar-refractivity contribution in [2.45, 2.75) is 26.4 Å². The number of aryl methyl sites for hydroxylation is 1. The summed E-state index contributed by atoms with van der Waals surface area (Å²) >= 11 is 1.75. The average molecular weight is 290 g/mol. The molecular weight excluding hydrogens is 268 g/mol. The minimum Gasteiger partial charge on any atom is -0.383 e. The van der Waals surface area contributed by atoms with Crippen LogP contribution in [0.25, 0.3) is 0 Å². The van der Waals surface area contributed by atoms with Crippen LogP contribution in [0.5, 0.6) is 0 Å². The first-order chi connectivity index (χ1) is 9.81. The Hall–Kier alpha value is -1.23. The maximum atomic E-state index is 5.21. The second-order valence-electron chi connectivity index (χ2n) is 4.78. The summed E-state index contributed by atoms with van der Waals surface area (Å²) < 4.78 is 5.21. The number of ether oxygens (including phenoxy) is 1. The molecule has 1 heterocycles. The normalized spacial score (nSPS) is 11.2. The Morgan fingerprint density at radius 3 is 2.65 bits per heavy atom. The zero-order chi connectivity index (χ0) is 14.2. The SMILES string of the molecule is CCc1nc(CN(CCOC)Cc2ccccc2)cs1. The van der Waals surface area contributed by atoms with Gasteiger partial charge >= 0.3 is 0 Å². The van der Waals surface area contributed by atoms with Crippen LogP contribution in [-0.2, 0) is 24.2 Å². The highest BCUT2D eigenvalue weighted by Gasteiger charge is 2.09. The number of nitrogens with zero attached hydrogens (tertiary/aromatic N) is 2. The lowest BCUT2D eigenvalue weighted by atomic mass is 10.2. The first-order valence-electron chi connectivity index (χ1n) is 7.00. The minimum absolute atomic E-state index is 0.748. The fraction of sp³-hybridized carbons (Fsp3) is 0.438. The van der Waals surface area contributed by atoms with Crippen LogP contribution in [0.15, 0.2) is 35.7 Å². The molecular formula is C16H22N2OS. The number of hydrogen-bond donors (Lipinski definition) is 0. The van der Waals surface area contributed by atoms with Crippen molar-refractivity contribution >= 4 is 11.3 Å². The van der Waals surface area contributed by atoms with Crippen LogP contribution in [0.2, 0.25) is 0 Å².